The van der Waals surface area contributed by atoms with Crippen molar-refractivity contribution in [3.63, 3.8) is 0 Å². The monoisotopic (exact) mass is 460 g/mol. The lowest BCUT2D eigenvalue weighted by Gasteiger charge is -2.12. The Labute approximate surface area is 164 Å². The van der Waals surface area contributed by atoms with Crippen molar-refractivity contribution >= 4 is 41.5 Å². The highest BCUT2D eigenvalue weighted by molar-refractivity contribution is 14.0. The smallest absolute Gasteiger partial charge is 0.191 e. The van der Waals surface area contributed by atoms with Gasteiger partial charge in [-0.1, -0.05) is 23.7 Å². The van der Waals surface area contributed by atoms with Gasteiger partial charge < -0.3 is 15.4 Å². The number of guanidine groups is 1. The number of halogens is 2. The summed E-state index contributed by atoms with van der Waals surface area (Å²) in [4.78, 5) is 8.46. The van der Waals surface area contributed by atoms with E-state index in [1.807, 2.05) is 36.4 Å². The first kappa shape index (κ1) is 20.5. The van der Waals surface area contributed by atoms with Crippen LogP contribution in [-0.2, 0) is 13.0 Å². The number of hydrogen-bond acceptors (Lipinski definition) is 3. The molecule has 0 bridgehead atoms. The van der Waals surface area contributed by atoms with E-state index in [-0.39, 0.29) is 24.0 Å². The molecule has 0 aliphatic carbocycles. The molecule has 2 N–H and O–H groups in total. The Morgan fingerprint density at radius 1 is 1.25 bits per heavy atom. The van der Waals surface area contributed by atoms with Gasteiger partial charge in [0.05, 0.1) is 19.3 Å². The number of hydrogen-bond donors (Lipinski definition) is 2. The molecule has 1 aromatic heterocycles. The number of pyridine rings is 1. The molecule has 0 amide bonds. The summed E-state index contributed by atoms with van der Waals surface area (Å²) in [6.07, 6.45) is 2.58. The van der Waals surface area contributed by atoms with Gasteiger partial charge in [0, 0.05) is 24.8 Å². The zero-order valence-corrected chi connectivity index (χ0v) is 16.8. The Morgan fingerprint density at radius 3 is 2.71 bits per heavy atom. The second-order valence-electron chi connectivity index (χ2n) is 4.88. The Bertz CT molecular complexity index is 652. The SMILES string of the molecule is CN=C(NCCc1ccc(OC)cc1Cl)NCc1ccccn1.I. The molecule has 0 aliphatic heterocycles. The van der Waals surface area contributed by atoms with Crippen LogP contribution < -0.4 is 15.4 Å². The van der Waals surface area contributed by atoms with Gasteiger partial charge in [-0.3, -0.25) is 9.98 Å². The number of ether oxygens (including phenoxy) is 1. The zero-order chi connectivity index (χ0) is 16.5. The molecule has 0 atom stereocenters. The molecule has 0 fully saturated rings. The van der Waals surface area contributed by atoms with E-state index in [1.54, 1.807) is 20.4 Å². The normalized spacial score (nSPS) is 10.7. The maximum Gasteiger partial charge on any atom is 0.191 e. The highest BCUT2D eigenvalue weighted by Gasteiger charge is 2.03. The Balaban J connectivity index is 0.00000288. The maximum absolute atomic E-state index is 6.24. The van der Waals surface area contributed by atoms with Gasteiger partial charge in [-0.05, 0) is 36.2 Å². The third-order valence-electron chi connectivity index (χ3n) is 3.33. The molecule has 0 unspecified atom stereocenters. The first-order valence-electron chi connectivity index (χ1n) is 7.39. The summed E-state index contributed by atoms with van der Waals surface area (Å²) >= 11 is 6.24. The van der Waals surface area contributed by atoms with Crippen LogP contribution >= 0.6 is 35.6 Å². The van der Waals surface area contributed by atoms with Gasteiger partial charge in [0.1, 0.15) is 5.75 Å². The van der Waals surface area contributed by atoms with E-state index in [0.717, 1.165) is 35.9 Å². The molecule has 0 aliphatic rings. The number of benzene rings is 1. The lowest BCUT2D eigenvalue weighted by atomic mass is 10.1. The minimum Gasteiger partial charge on any atom is -0.497 e. The summed E-state index contributed by atoms with van der Waals surface area (Å²) < 4.78 is 5.15. The summed E-state index contributed by atoms with van der Waals surface area (Å²) in [6.45, 7) is 1.36. The number of aliphatic imine (C=N–C) groups is 1. The van der Waals surface area contributed by atoms with Crippen LogP contribution in [0.2, 0.25) is 5.02 Å². The van der Waals surface area contributed by atoms with Gasteiger partial charge in [-0.2, -0.15) is 0 Å². The molecule has 130 valence electrons. The van der Waals surface area contributed by atoms with Gasteiger partial charge in [-0.15, -0.1) is 24.0 Å². The zero-order valence-electron chi connectivity index (χ0n) is 13.8. The Kier molecular flexibility index (Phi) is 9.48. The second-order valence-corrected chi connectivity index (χ2v) is 5.29. The summed E-state index contributed by atoms with van der Waals surface area (Å²) in [6, 6.07) is 11.5. The molecular weight excluding hydrogens is 439 g/mol. The number of aromatic nitrogens is 1. The quantitative estimate of drug-likeness (QED) is 0.395. The molecule has 2 aromatic rings. The maximum atomic E-state index is 6.24. The molecule has 0 radical (unpaired) electrons. The number of rotatable bonds is 6. The molecule has 24 heavy (non-hydrogen) atoms. The molecule has 7 heteroatoms. The Hall–Kier alpha value is -1.54. The fraction of sp³-hybridized carbons (Fsp3) is 0.294. The van der Waals surface area contributed by atoms with E-state index >= 15 is 0 Å². The molecule has 2 rings (SSSR count). The fourth-order valence-corrected chi connectivity index (χ4v) is 2.34. The van der Waals surface area contributed by atoms with E-state index in [0.29, 0.717) is 11.6 Å². The van der Waals surface area contributed by atoms with Crippen molar-refractivity contribution in [3.8, 4) is 5.75 Å². The van der Waals surface area contributed by atoms with Crippen LogP contribution in [0.25, 0.3) is 0 Å². The van der Waals surface area contributed by atoms with Crippen LogP contribution in [0.3, 0.4) is 0 Å². The Morgan fingerprint density at radius 2 is 2.08 bits per heavy atom. The molecule has 0 saturated carbocycles. The average Bonchev–Trinajstić information content (AvgIpc) is 2.60. The van der Waals surface area contributed by atoms with Crippen molar-refractivity contribution in [2.45, 2.75) is 13.0 Å². The van der Waals surface area contributed by atoms with E-state index in [2.05, 4.69) is 20.6 Å². The van der Waals surface area contributed by atoms with Crippen LogP contribution in [-0.4, -0.2) is 31.6 Å². The summed E-state index contributed by atoms with van der Waals surface area (Å²) in [5, 5.41) is 7.20. The van der Waals surface area contributed by atoms with Crippen molar-refractivity contribution in [2.24, 2.45) is 4.99 Å². The van der Waals surface area contributed by atoms with Gasteiger partial charge >= 0.3 is 0 Å². The fourth-order valence-electron chi connectivity index (χ4n) is 2.07. The first-order chi connectivity index (χ1) is 11.2. The number of nitrogens with one attached hydrogen (secondary N) is 2. The van der Waals surface area contributed by atoms with E-state index in [4.69, 9.17) is 16.3 Å². The molecular formula is C17H22ClIN4O. The van der Waals surface area contributed by atoms with Gasteiger partial charge in [0.15, 0.2) is 5.96 Å². The lowest BCUT2D eigenvalue weighted by Crippen LogP contribution is -2.38. The summed E-state index contributed by atoms with van der Waals surface area (Å²) in [7, 11) is 3.37. The molecule has 5 nitrogen and oxygen atoms in total. The highest BCUT2D eigenvalue weighted by atomic mass is 127. The first-order valence-corrected chi connectivity index (χ1v) is 7.77. The predicted octanol–water partition coefficient (Wildman–Crippen LogP) is 3.27. The third kappa shape index (κ3) is 6.52. The minimum absolute atomic E-state index is 0. The van der Waals surface area contributed by atoms with Crippen LogP contribution in [0.1, 0.15) is 11.3 Å². The summed E-state index contributed by atoms with van der Waals surface area (Å²) in [5.74, 6) is 1.50. The average molecular weight is 461 g/mol. The standard InChI is InChI=1S/C17H21ClN4O.HI/c1-19-17(22-12-14-5-3-4-9-20-14)21-10-8-13-6-7-15(23-2)11-16(13)18;/h3-7,9,11H,8,10,12H2,1-2H3,(H2,19,21,22);1H. The molecule has 1 aromatic carbocycles. The van der Waals surface area contributed by atoms with Gasteiger partial charge in [-0.25, -0.2) is 0 Å². The van der Waals surface area contributed by atoms with Crippen molar-refractivity contribution in [2.75, 3.05) is 20.7 Å². The van der Waals surface area contributed by atoms with Crippen molar-refractivity contribution in [1.29, 1.82) is 0 Å². The van der Waals surface area contributed by atoms with Crippen LogP contribution in [0.5, 0.6) is 5.75 Å². The van der Waals surface area contributed by atoms with E-state index in [1.165, 1.54) is 0 Å². The largest absolute Gasteiger partial charge is 0.497 e. The predicted molar refractivity (Wildman–Crippen MR) is 110 cm³/mol. The molecule has 1 heterocycles. The van der Waals surface area contributed by atoms with Crippen molar-refractivity contribution < 1.29 is 4.74 Å². The molecule has 0 saturated heterocycles. The number of methoxy groups -OCH3 is 1. The molecule has 0 spiro atoms. The topological polar surface area (TPSA) is 58.5 Å². The van der Waals surface area contributed by atoms with Crippen LogP contribution in [0, 0.1) is 0 Å². The van der Waals surface area contributed by atoms with Gasteiger partial charge in [0.25, 0.3) is 0 Å². The van der Waals surface area contributed by atoms with E-state index in [9.17, 15) is 0 Å². The van der Waals surface area contributed by atoms with Crippen LogP contribution in [0.15, 0.2) is 47.6 Å². The van der Waals surface area contributed by atoms with Crippen LogP contribution in [0.4, 0.5) is 0 Å². The van der Waals surface area contributed by atoms with Crippen molar-refractivity contribution in [1.82, 2.24) is 15.6 Å². The lowest BCUT2D eigenvalue weighted by molar-refractivity contribution is 0.414. The van der Waals surface area contributed by atoms with Gasteiger partial charge in [0.2, 0.25) is 0 Å². The van der Waals surface area contributed by atoms with E-state index < -0.39 is 0 Å². The highest BCUT2D eigenvalue weighted by Crippen LogP contribution is 2.22. The van der Waals surface area contributed by atoms with Crippen molar-refractivity contribution in [3.05, 3.63) is 58.9 Å². The third-order valence-corrected chi connectivity index (χ3v) is 3.69. The second kappa shape index (κ2) is 11.1. The minimum atomic E-state index is 0. The summed E-state index contributed by atoms with van der Waals surface area (Å²) in [5.41, 5.74) is 2.04. The number of nitrogens with zero attached hydrogens (tertiary/aromatic N) is 2.